The van der Waals surface area contributed by atoms with E-state index in [-0.39, 0.29) is 6.42 Å². The van der Waals surface area contributed by atoms with Crippen LogP contribution in [-0.2, 0) is 24.8 Å². The number of carbonyl (C=O) groups is 1. The Morgan fingerprint density at radius 3 is 3.12 bits per heavy atom. The molecule has 0 amide bonds. The van der Waals surface area contributed by atoms with Crippen molar-refractivity contribution >= 4 is 22.4 Å². The maximum atomic E-state index is 10.5. The summed E-state index contributed by atoms with van der Waals surface area (Å²) in [5, 5.41) is 21.8. The number of hydrogen-bond donors (Lipinski definition) is 2. The highest BCUT2D eigenvalue weighted by atomic mass is 32.1. The summed E-state index contributed by atoms with van der Waals surface area (Å²) in [4.78, 5) is 14.6. The van der Waals surface area contributed by atoms with Gasteiger partial charge < -0.3 is 15.0 Å². The second-order valence-electron chi connectivity index (χ2n) is 3.43. The summed E-state index contributed by atoms with van der Waals surface area (Å²) in [6.45, 7) is 0.510. The van der Waals surface area contributed by atoms with Crippen molar-refractivity contribution in [2.45, 2.75) is 13.0 Å². The van der Waals surface area contributed by atoms with Crippen molar-refractivity contribution in [3.8, 4) is 0 Å². The van der Waals surface area contributed by atoms with E-state index in [9.17, 15) is 4.79 Å². The van der Waals surface area contributed by atoms with E-state index in [0.717, 1.165) is 5.82 Å². The van der Waals surface area contributed by atoms with Crippen LogP contribution in [0.2, 0.25) is 0 Å². The topological polar surface area (TPSA) is 92.9 Å². The molecule has 0 fully saturated rings. The lowest BCUT2D eigenvalue weighted by molar-refractivity contribution is -0.136. The molecule has 17 heavy (non-hydrogen) atoms. The standard InChI is InChI=1S/C9H11N5O2S/c1-14-5-11-13-7(14)3-10-9-12-6(4-17-9)2-8(15)16/h4-5H,2-3H2,1H3,(H,10,12)(H,15,16). The molecule has 2 rings (SSSR count). The van der Waals surface area contributed by atoms with Crippen molar-refractivity contribution in [3.05, 3.63) is 23.2 Å². The van der Waals surface area contributed by atoms with Gasteiger partial charge >= 0.3 is 5.97 Å². The molecule has 0 saturated carbocycles. The molecule has 90 valence electrons. The molecule has 0 aliphatic heterocycles. The van der Waals surface area contributed by atoms with Gasteiger partial charge in [0.2, 0.25) is 0 Å². The molecule has 0 aromatic carbocycles. The highest BCUT2D eigenvalue weighted by Crippen LogP contribution is 2.16. The molecule has 0 bridgehead atoms. The first-order chi connectivity index (χ1) is 8.15. The van der Waals surface area contributed by atoms with Crippen LogP contribution < -0.4 is 5.32 Å². The fourth-order valence-corrected chi connectivity index (χ4v) is 1.96. The predicted molar refractivity (Wildman–Crippen MR) is 61.8 cm³/mol. The monoisotopic (exact) mass is 253 g/mol. The molecule has 2 N–H and O–H groups in total. The number of aliphatic carboxylic acids is 1. The number of aromatic nitrogens is 4. The third-order valence-electron chi connectivity index (χ3n) is 2.09. The minimum Gasteiger partial charge on any atom is -0.481 e. The van der Waals surface area contributed by atoms with E-state index in [1.165, 1.54) is 11.3 Å². The molecule has 7 nitrogen and oxygen atoms in total. The lowest BCUT2D eigenvalue weighted by Crippen LogP contribution is -2.06. The summed E-state index contributed by atoms with van der Waals surface area (Å²) in [5.41, 5.74) is 0.558. The number of hydrogen-bond acceptors (Lipinski definition) is 6. The third-order valence-corrected chi connectivity index (χ3v) is 2.94. The van der Waals surface area contributed by atoms with E-state index in [4.69, 9.17) is 5.11 Å². The van der Waals surface area contributed by atoms with Gasteiger partial charge in [-0.15, -0.1) is 21.5 Å². The van der Waals surface area contributed by atoms with E-state index in [0.29, 0.717) is 17.4 Å². The smallest absolute Gasteiger partial charge is 0.309 e. The third kappa shape index (κ3) is 3.00. The maximum Gasteiger partial charge on any atom is 0.309 e. The van der Waals surface area contributed by atoms with Crippen molar-refractivity contribution < 1.29 is 9.90 Å². The van der Waals surface area contributed by atoms with Crippen LogP contribution in [0.1, 0.15) is 11.5 Å². The van der Waals surface area contributed by atoms with E-state index >= 15 is 0 Å². The van der Waals surface area contributed by atoms with Gasteiger partial charge in [-0.05, 0) is 0 Å². The normalized spacial score (nSPS) is 10.4. The molecular formula is C9H11N5O2S. The van der Waals surface area contributed by atoms with E-state index < -0.39 is 5.97 Å². The zero-order chi connectivity index (χ0) is 12.3. The molecule has 2 heterocycles. The van der Waals surface area contributed by atoms with Crippen molar-refractivity contribution in [1.82, 2.24) is 19.7 Å². The number of nitrogens with zero attached hydrogens (tertiary/aromatic N) is 4. The van der Waals surface area contributed by atoms with Gasteiger partial charge in [-0.3, -0.25) is 4.79 Å². The first-order valence-corrected chi connectivity index (χ1v) is 5.76. The summed E-state index contributed by atoms with van der Waals surface area (Å²) in [6, 6.07) is 0. The molecule has 2 aromatic rings. The van der Waals surface area contributed by atoms with Crippen LogP contribution in [0, 0.1) is 0 Å². The summed E-state index contributed by atoms with van der Waals surface area (Å²) >= 11 is 1.38. The first-order valence-electron chi connectivity index (χ1n) is 4.88. The zero-order valence-electron chi connectivity index (χ0n) is 9.12. The molecule has 8 heteroatoms. The Labute approximate surface area is 101 Å². The average molecular weight is 253 g/mol. The Morgan fingerprint density at radius 2 is 2.47 bits per heavy atom. The van der Waals surface area contributed by atoms with Crippen LogP contribution in [0.4, 0.5) is 5.13 Å². The fraction of sp³-hybridized carbons (Fsp3) is 0.333. The number of thiazole rings is 1. The first kappa shape index (κ1) is 11.5. The minimum absolute atomic E-state index is 0.0534. The van der Waals surface area contributed by atoms with Gasteiger partial charge in [-0.2, -0.15) is 0 Å². The number of aryl methyl sites for hydroxylation is 1. The Kier molecular flexibility index (Phi) is 3.33. The molecule has 0 unspecified atom stereocenters. The Bertz CT molecular complexity index is 521. The summed E-state index contributed by atoms with van der Waals surface area (Å²) in [7, 11) is 1.86. The molecule has 0 saturated heterocycles. The number of rotatable bonds is 5. The van der Waals surface area contributed by atoms with Gasteiger partial charge in [-0.25, -0.2) is 4.98 Å². The summed E-state index contributed by atoms with van der Waals surface area (Å²) in [5.74, 6) is -0.0878. The maximum absolute atomic E-state index is 10.5. The van der Waals surface area contributed by atoms with Crippen LogP contribution in [0.3, 0.4) is 0 Å². The van der Waals surface area contributed by atoms with Crippen molar-refractivity contribution in [1.29, 1.82) is 0 Å². The van der Waals surface area contributed by atoms with Crippen LogP contribution in [0.25, 0.3) is 0 Å². The number of nitrogens with one attached hydrogen (secondary N) is 1. The zero-order valence-corrected chi connectivity index (χ0v) is 9.94. The van der Waals surface area contributed by atoms with Crippen molar-refractivity contribution in [3.63, 3.8) is 0 Å². The fourth-order valence-electron chi connectivity index (χ4n) is 1.25. The second-order valence-corrected chi connectivity index (χ2v) is 4.28. The van der Waals surface area contributed by atoms with Gasteiger partial charge in [0.25, 0.3) is 0 Å². The van der Waals surface area contributed by atoms with Gasteiger partial charge in [-0.1, -0.05) is 0 Å². The number of anilines is 1. The SMILES string of the molecule is Cn1cnnc1CNc1nc(CC(=O)O)cs1. The van der Waals surface area contributed by atoms with Crippen LogP contribution in [0.5, 0.6) is 0 Å². The highest BCUT2D eigenvalue weighted by Gasteiger charge is 2.07. The second kappa shape index (κ2) is 4.91. The molecular weight excluding hydrogens is 242 g/mol. The van der Waals surface area contributed by atoms with Crippen molar-refractivity contribution in [2.24, 2.45) is 7.05 Å². The minimum atomic E-state index is -0.879. The largest absolute Gasteiger partial charge is 0.481 e. The van der Waals surface area contributed by atoms with E-state index in [1.54, 1.807) is 16.3 Å². The van der Waals surface area contributed by atoms with Crippen LogP contribution in [0.15, 0.2) is 11.7 Å². The Balaban J connectivity index is 1.93. The number of carboxylic acids is 1. The molecule has 0 aliphatic rings. The molecule has 2 aromatic heterocycles. The summed E-state index contributed by atoms with van der Waals surface area (Å²) < 4.78 is 1.80. The van der Waals surface area contributed by atoms with Gasteiger partial charge in [0.15, 0.2) is 11.0 Å². The number of carboxylic acid groups (broad SMARTS) is 1. The highest BCUT2D eigenvalue weighted by molar-refractivity contribution is 7.13. The van der Waals surface area contributed by atoms with Crippen LogP contribution in [-0.4, -0.2) is 30.8 Å². The van der Waals surface area contributed by atoms with Gasteiger partial charge in [0.1, 0.15) is 6.33 Å². The quantitative estimate of drug-likeness (QED) is 0.806. The summed E-state index contributed by atoms with van der Waals surface area (Å²) in [6.07, 6.45) is 1.57. The molecule has 0 radical (unpaired) electrons. The Morgan fingerprint density at radius 1 is 1.65 bits per heavy atom. The molecule has 0 atom stereocenters. The van der Waals surface area contributed by atoms with E-state index in [2.05, 4.69) is 20.5 Å². The lowest BCUT2D eigenvalue weighted by Gasteiger charge is -2.00. The Hall–Kier alpha value is -1.96. The van der Waals surface area contributed by atoms with Gasteiger partial charge in [0.05, 0.1) is 18.7 Å². The lowest BCUT2D eigenvalue weighted by atomic mass is 10.3. The molecule has 0 spiro atoms. The molecule has 0 aliphatic carbocycles. The van der Waals surface area contributed by atoms with Crippen LogP contribution >= 0.6 is 11.3 Å². The van der Waals surface area contributed by atoms with Crippen molar-refractivity contribution in [2.75, 3.05) is 5.32 Å². The average Bonchev–Trinajstić information content (AvgIpc) is 2.84. The van der Waals surface area contributed by atoms with E-state index in [1.807, 2.05) is 7.05 Å². The van der Waals surface area contributed by atoms with Gasteiger partial charge in [0, 0.05) is 12.4 Å². The predicted octanol–water partition coefficient (Wildman–Crippen LogP) is 0.511.